The fourth-order valence-electron chi connectivity index (χ4n) is 2.70. The van der Waals surface area contributed by atoms with E-state index in [-0.39, 0.29) is 0 Å². The van der Waals surface area contributed by atoms with Gasteiger partial charge in [0.15, 0.2) is 0 Å². The summed E-state index contributed by atoms with van der Waals surface area (Å²) in [5.74, 6) is 2.32. The van der Waals surface area contributed by atoms with Crippen molar-refractivity contribution in [2.75, 3.05) is 6.61 Å². The third-order valence-corrected chi connectivity index (χ3v) is 4.51. The first-order valence-electron chi connectivity index (χ1n) is 7.67. The van der Waals surface area contributed by atoms with Crippen LogP contribution in [0.5, 0.6) is 0 Å². The molecule has 2 aliphatic carbocycles. The van der Waals surface area contributed by atoms with Crippen LogP contribution in [-0.4, -0.2) is 6.61 Å². The van der Waals surface area contributed by atoms with E-state index in [2.05, 4.69) is 6.92 Å². The Bertz CT molecular complexity index is 244. The van der Waals surface area contributed by atoms with Crippen LogP contribution in [0.3, 0.4) is 0 Å². The van der Waals surface area contributed by atoms with Crippen LogP contribution in [0.2, 0.25) is 0 Å². The molecule has 0 spiro atoms. The smallest absolute Gasteiger partial charge is 0.0920 e. The summed E-state index contributed by atoms with van der Waals surface area (Å²) in [5.41, 5.74) is 1.56. The van der Waals surface area contributed by atoms with Crippen LogP contribution in [0.15, 0.2) is 11.3 Å². The summed E-state index contributed by atoms with van der Waals surface area (Å²) < 4.78 is 5.79. The highest BCUT2D eigenvalue weighted by Crippen LogP contribution is 2.31. The molecule has 0 saturated heterocycles. The molecule has 0 amide bonds. The van der Waals surface area contributed by atoms with Gasteiger partial charge in [0, 0.05) is 0 Å². The monoisotopic (exact) mass is 236 g/mol. The van der Waals surface area contributed by atoms with E-state index in [4.69, 9.17) is 4.74 Å². The van der Waals surface area contributed by atoms with Gasteiger partial charge in [-0.15, -0.1) is 0 Å². The largest absolute Gasteiger partial charge is 0.498 e. The van der Waals surface area contributed by atoms with Gasteiger partial charge in [-0.2, -0.15) is 0 Å². The van der Waals surface area contributed by atoms with Crippen molar-refractivity contribution in [3.8, 4) is 0 Å². The second-order valence-corrected chi connectivity index (χ2v) is 5.86. The molecular weight excluding hydrogens is 208 g/mol. The lowest BCUT2D eigenvalue weighted by Crippen LogP contribution is -2.10. The van der Waals surface area contributed by atoms with Crippen LogP contribution in [0.1, 0.15) is 77.6 Å². The predicted octanol–water partition coefficient (Wildman–Crippen LogP) is 5.21. The predicted molar refractivity (Wildman–Crippen MR) is 72.9 cm³/mol. The summed E-state index contributed by atoms with van der Waals surface area (Å²) in [4.78, 5) is 0. The highest BCUT2D eigenvalue weighted by molar-refractivity contribution is 5.13. The molecule has 0 aliphatic heterocycles. The van der Waals surface area contributed by atoms with E-state index in [1.165, 1.54) is 76.4 Å². The molecular formula is C16H28O. The van der Waals surface area contributed by atoms with Gasteiger partial charge < -0.3 is 4.74 Å². The van der Waals surface area contributed by atoms with Gasteiger partial charge in [0.1, 0.15) is 0 Å². The summed E-state index contributed by atoms with van der Waals surface area (Å²) in [5, 5.41) is 0. The van der Waals surface area contributed by atoms with Crippen LogP contribution in [0.4, 0.5) is 0 Å². The van der Waals surface area contributed by atoms with Crippen LogP contribution in [0, 0.1) is 5.92 Å². The third-order valence-electron chi connectivity index (χ3n) is 4.51. The summed E-state index contributed by atoms with van der Waals surface area (Å²) in [6, 6.07) is 0. The van der Waals surface area contributed by atoms with Gasteiger partial charge in [-0.1, -0.05) is 44.9 Å². The molecule has 2 rings (SSSR count). The molecule has 0 atom stereocenters. The van der Waals surface area contributed by atoms with Crippen LogP contribution in [-0.2, 0) is 4.74 Å². The Morgan fingerprint density at radius 2 is 1.82 bits per heavy atom. The van der Waals surface area contributed by atoms with E-state index in [0.29, 0.717) is 0 Å². The zero-order valence-electron chi connectivity index (χ0n) is 11.5. The summed E-state index contributed by atoms with van der Waals surface area (Å²) in [6.45, 7) is 3.09. The van der Waals surface area contributed by atoms with Gasteiger partial charge in [-0.05, 0) is 44.1 Å². The van der Waals surface area contributed by atoms with Crippen molar-refractivity contribution in [2.45, 2.75) is 77.6 Å². The Hall–Kier alpha value is -0.460. The number of hydrogen-bond acceptors (Lipinski definition) is 1. The fourth-order valence-corrected chi connectivity index (χ4v) is 2.70. The molecule has 2 aliphatic rings. The third kappa shape index (κ3) is 4.37. The van der Waals surface area contributed by atoms with Gasteiger partial charge in [0.25, 0.3) is 0 Å². The first-order chi connectivity index (χ1) is 8.36. The van der Waals surface area contributed by atoms with Crippen molar-refractivity contribution in [1.29, 1.82) is 0 Å². The van der Waals surface area contributed by atoms with Gasteiger partial charge in [-0.25, -0.2) is 0 Å². The lowest BCUT2D eigenvalue weighted by molar-refractivity contribution is 0.197. The Balaban J connectivity index is 1.38. The molecule has 0 bridgehead atoms. The molecule has 0 unspecified atom stereocenters. The molecule has 0 aromatic heterocycles. The Kier molecular flexibility index (Phi) is 5.41. The van der Waals surface area contributed by atoms with E-state index in [1.54, 1.807) is 5.57 Å². The first kappa shape index (κ1) is 13.0. The summed E-state index contributed by atoms with van der Waals surface area (Å²) in [6.07, 6.45) is 15.4. The van der Waals surface area contributed by atoms with Gasteiger partial charge >= 0.3 is 0 Å². The van der Waals surface area contributed by atoms with Gasteiger partial charge in [-0.3, -0.25) is 0 Å². The topological polar surface area (TPSA) is 9.23 Å². The quantitative estimate of drug-likeness (QED) is 0.415. The minimum absolute atomic E-state index is 0.943. The average Bonchev–Trinajstić information content (AvgIpc) is 2.16. The van der Waals surface area contributed by atoms with Gasteiger partial charge in [0.05, 0.1) is 12.4 Å². The Morgan fingerprint density at radius 3 is 2.41 bits per heavy atom. The molecule has 1 nitrogen and oxygen atoms in total. The van der Waals surface area contributed by atoms with E-state index in [0.717, 1.165) is 12.5 Å². The Morgan fingerprint density at radius 1 is 1.06 bits per heavy atom. The lowest BCUT2D eigenvalue weighted by atomic mass is 9.82. The number of allylic oxidation sites excluding steroid dienone is 2. The molecule has 98 valence electrons. The molecule has 0 aromatic carbocycles. The zero-order valence-corrected chi connectivity index (χ0v) is 11.5. The number of hydrogen-bond donors (Lipinski definition) is 0. The highest BCUT2D eigenvalue weighted by Gasteiger charge is 2.16. The maximum Gasteiger partial charge on any atom is 0.0920 e. The molecule has 2 saturated carbocycles. The molecule has 0 aromatic rings. The molecule has 0 radical (unpaired) electrons. The van der Waals surface area contributed by atoms with Crippen molar-refractivity contribution in [3.63, 3.8) is 0 Å². The van der Waals surface area contributed by atoms with E-state index in [9.17, 15) is 0 Å². The van der Waals surface area contributed by atoms with E-state index >= 15 is 0 Å². The second-order valence-electron chi connectivity index (χ2n) is 5.86. The van der Waals surface area contributed by atoms with Crippen molar-refractivity contribution in [3.05, 3.63) is 11.3 Å². The van der Waals surface area contributed by atoms with Crippen LogP contribution >= 0.6 is 0 Å². The SMILES string of the molecule is CC(OCCCCCCC1CCC1)=C1CCC1. The van der Waals surface area contributed by atoms with E-state index < -0.39 is 0 Å². The molecule has 17 heavy (non-hydrogen) atoms. The number of ether oxygens (including phenoxy) is 1. The maximum atomic E-state index is 5.79. The number of rotatable bonds is 8. The summed E-state index contributed by atoms with van der Waals surface area (Å²) >= 11 is 0. The molecule has 1 heteroatoms. The first-order valence-corrected chi connectivity index (χ1v) is 7.67. The van der Waals surface area contributed by atoms with Gasteiger partial charge in [0.2, 0.25) is 0 Å². The molecule has 0 N–H and O–H groups in total. The molecule has 0 heterocycles. The Labute approximate surface area is 107 Å². The normalized spacial score (nSPS) is 19.7. The summed E-state index contributed by atoms with van der Waals surface area (Å²) in [7, 11) is 0. The molecule has 2 fully saturated rings. The standard InChI is InChI=1S/C16H28O/c1-14(16-11-7-12-16)17-13-5-3-2-4-8-15-9-6-10-15/h15H,2-13H2,1H3. The highest BCUT2D eigenvalue weighted by atomic mass is 16.5. The fraction of sp³-hybridized carbons (Fsp3) is 0.875. The van der Waals surface area contributed by atoms with Crippen molar-refractivity contribution < 1.29 is 4.74 Å². The van der Waals surface area contributed by atoms with Crippen LogP contribution < -0.4 is 0 Å². The second kappa shape index (κ2) is 7.08. The van der Waals surface area contributed by atoms with Crippen molar-refractivity contribution >= 4 is 0 Å². The maximum absolute atomic E-state index is 5.79. The van der Waals surface area contributed by atoms with Crippen LogP contribution in [0.25, 0.3) is 0 Å². The lowest BCUT2D eigenvalue weighted by Gasteiger charge is -2.25. The number of unbranched alkanes of at least 4 members (excludes halogenated alkanes) is 3. The minimum atomic E-state index is 0.943. The van der Waals surface area contributed by atoms with E-state index in [1.807, 2.05) is 0 Å². The zero-order chi connectivity index (χ0) is 11.9. The minimum Gasteiger partial charge on any atom is -0.498 e. The van der Waals surface area contributed by atoms with Crippen molar-refractivity contribution in [2.24, 2.45) is 5.92 Å². The van der Waals surface area contributed by atoms with Crippen molar-refractivity contribution in [1.82, 2.24) is 0 Å². The average molecular weight is 236 g/mol.